The van der Waals surface area contributed by atoms with E-state index in [1.165, 1.54) is 16.8 Å². The van der Waals surface area contributed by atoms with Crippen LogP contribution in [0.1, 0.15) is 0 Å². The Morgan fingerprint density at radius 2 is 2.00 bits per heavy atom. The van der Waals surface area contributed by atoms with Crippen LogP contribution in [0.15, 0.2) is 17.6 Å². The van der Waals surface area contributed by atoms with Gasteiger partial charge in [-0.05, 0) is 0 Å². The minimum Gasteiger partial charge on any atom is -0.339 e. The van der Waals surface area contributed by atoms with Gasteiger partial charge in [-0.15, -0.1) is 0 Å². The third kappa shape index (κ3) is 2.72. The van der Waals surface area contributed by atoms with Crippen molar-refractivity contribution in [2.45, 2.75) is 5.03 Å². The van der Waals surface area contributed by atoms with Crippen molar-refractivity contribution >= 4 is 10.0 Å². The summed E-state index contributed by atoms with van der Waals surface area (Å²) in [7, 11) is -1.68. The monoisotopic (exact) mass is 273 g/mol. The van der Waals surface area contributed by atoms with E-state index in [9.17, 15) is 8.42 Å². The standard InChI is InChI=1S/C10H19N5O2S/c1-13-8-10(12-9-13)18(16,17)15-6-4-14(3-2-11)5-7-15/h8-9H,2-7,11H2,1H3. The van der Waals surface area contributed by atoms with Crippen LogP contribution in [-0.2, 0) is 17.1 Å². The Morgan fingerprint density at radius 1 is 1.33 bits per heavy atom. The van der Waals surface area contributed by atoms with Gasteiger partial charge in [0.1, 0.15) is 0 Å². The Labute approximate surface area is 107 Å². The number of sulfonamides is 1. The fourth-order valence-corrected chi connectivity index (χ4v) is 3.42. The summed E-state index contributed by atoms with van der Waals surface area (Å²) in [6, 6.07) is 0. The maximum atomic E-state index is 12.3. The van der Waals surface area contributed by atoms with Crippen molar-refractivity contribution in [3.8, 4) is 0 Å². The first-order chi connectivity index (χ1) is 8.54. The Balaban J connectivity index is 2.05. The minimum atomic E-state index is -3.44. The Hall–Kier alpha value is -0.960. The predicted octanol–water partition coefficient (Wildman–Crippen LogP) is -1.31. The van der Waals surface area contributed by atoms with Crippen molar-refractivity contribution in [1.82, 2.24) is 18.8 Å². The first-order valence-corrected chi connectivity index (χ1v) is 7.38. The van der Waals surface area contributed by atoms with Gasteiger partial charge in [0, 0.05) is 52.5 Å². The van der Waals surface area contributed by atoms with Crippen molar-refractivity contribution in [1.29, 1.82) is 0 Å². The van der Waals surface area contributed by atoms with Crippen LogP contribution in [0.3, 0.4) is 0 Å². The SMILES string of the molecule is Cn1cnc(S(=O)(=O)N2CCN(CCN)CC2)c1. The minimum absolute atomic E-state index is 0.122. The summed E-state index contributed by atoms with van der Waals surface area (Å²) in [5.41, 5.74) is 5.49. The molecular formula is C10H19N5O2S. The Bertz CT molecular complexity index is 490. The average Bonchev–Trinajstić information content (AvgIpc) is 2.78. The van der Waals surface area contributed by atoms with Gasteiger partial charge in [-0.25, -0.2) is 13.4 Å². The molecule has 1 aromatic heterocycles. The quantitative estimate of drug-likeness (QED) is 0.736. The second kappa shape index (κ2) is 5.35. The van der Waals surface area contributed by atoms with Crippen molar-refractivity contribution in [3.63, 3.8) is 0 Å². The van der Waals surface area contributed by atoms with E-state index in [4.69, 9.17) is 5.73 Å². The first-order valence-electron chi connectivity index (χ1n) is 5.94. The summed E-state index contributed by atoms with van der Waals surface area (Å²) in [5, 5.41) is 0.122. The Morgan fingerprint density at radius 3 is 2.50 bits per heavy atom. The summed E-state index contributed by atoms with van der Waals surface area (Å²) >= 11 is 0. The van der Waals surface area contributed by atoms with Crippen LogP contribution in [0.2, 0.25) is 0 Å². The van der Waals surface area contributed by atoms with E-state index in [0.717, 1.165) is 19.6 Å². The van der Waals surface area contributed by atoms with Crippen molar-refractivity contribution < 1.29 is 8.42 Å². The molecule has 0 amide bonds. The van der Waals surface area contributed by atoms with Gasteiger partial charge < -0.3 is 10.3 Å². The van der Waals surface area contributed by atoms with Crippen LogP contribution in [0, 0.1) is 0 Å². The van der Waals surface area contributed by atoms with Gasteiger partial charge >= 0.3 is 0 Å². The second-order valence-corrected chi connectivity index (χ2v) is 6.30. The summed E-state index contributed by atoms with van der Waals surface area (Å²) in [4.78, 5) is 6.09. The second-order valence-electron chi connectivity index (χ2n) is 4.41. The maximum absolute atomic E-state index is 12.3. The molecule has 0 unspecified atom stereocenters. The van der Waals surface area contributed by atoms with Gasteiger partial charge in [-0.3, -0.25) is 4.90 Å². The summed E-state index contributed by atoms with van der Waals surface area (Å²) in [5.74, 6) is 0. The number of aromatic nitrogens is 2. The molecule has 102 valence electrons. The molecule has 7 nitrogen and oxygen atoms in total. The number of rotatable bonds is 4. The van der Waals surface area contributed by atoms with Crippen LogP contribution in [-0.4, -0.2) is 66.4 Å². The van der Waals surface area contributed by atoms with Gasteiger partial charge in [0.15, 0.2) is 5.03 Å². The molecule has 1 aliphatic heterocycles. The van der Waals surface area contributed by atoms with Gasteiger partial charge in [-0.1, -0.05) is 0 Å². The van der Waals surface area contributed by atoms with E-state index in [0.29, 0.717) is 19.6 Å². The number of nitrogens with two attached hydrogens (primary N) is 1. The van der Waals surface area contributed by atoms with Crippen LogP contribution in [0.5, 0.6) is 0 Å². The van der Waals surface area contributed by atoms with Gasteiger partial charge in [-0.2, -0.15) is 4.31 Å². The zero-order valence-electron chi connectivity index (χ0n) is 10.5. The highest BCUT2D eigenvalue weighted by Gasteiger charge is 2.29. The van der Waals surface area contributed by atoms with Crippen LogP contribution < -0.4 is 5.73 Å². The predicted molar refractivity (Wildman–Crippen MR) is 67.5 cm³/mol. The molecule has 1 aliphatic rings. The Kier molecular flexibility index (Phi) is 4.00. The van der Waals surface area contributed by atoms with Crippen molar-refractivity contribution in [2.24, 2.45) is 12.8 Å². The van der Waals surface area contributed by atoms with E-state index in [-0.39, 0.29) is 5.03 Å². The molecule has 0 aliphatic carbocycles. The highest BCUT2D eigenvalue weighted by molar-refractivity contribution is 7.89. The lowest BCUT2D eigenvalue weighted by atomic mass is 10.3. The third-order valence-electron chi connectivity index (χ3n) is 3.06. The molecule has 1 fully saturated rings. The van der Waals surface area contributed by atoms with E-state index in [1.807, 2.05) is 0 Å². The van der Waals surface area contributed by atoms with Gasteiger partial charge in [0.2, 0.25) is 0 Å². The fraction of sp³-hybridized carbons (Fsp3) is 0.700. The average molecular weight is 273 g/mol. The smallest absolute Gasteiger partial charge is 0.262 e. The molecular weight excluding hydrogens is 254 g/mol. The highest BCUT2D eigenvalue weighted by atomic mass is 32.2. The number of piperazine rings is 1. The molecule has 0 aromatic carbocycles. The molecule has 2 N–H and O–H groups in total. The summed E-state index contributed by atoms with van der Waals surface area (Å²) in [6.45, 7) is 3.87. The molecule has 0 atom stereocenters. The lowest BCUT2D eigenvalue weighted by Gasteiger charge is -2.33. The number of nitrogens with zero attached hydrogens (tertiary/aromatic N) is 4. The molecule has 1 aromatic rings. The molecule has 1 saturated heterocycles. The molecule has 2 heterocycles. The van der Waals surface area contributed by atoms with Crippen molar-refractivity contribution in [2.75, 3.05) is 39.3 Å². The van der Waals surface area contributed by atoms with Crippen LogP contribution >= 0.6 is 0 Å². The van der Waals surface area contributed by atoms with E-state index in [1.54, 1.807) is 11.6 Å². The normalized spacial score (nSPS) is 19.2. The number of hydrogen-bond donors (Lipinski definition) is 1. The summed E-state index contributed by atoms with van der Waals surface area (Å²) in [6.07, 6.45) is 3.03. The molecule has 0 spiro atoms. The maximum Gasteiger partial charge on any atom is 0.262 e. The van der Waals surface area contributed by atoms with Crippen LogP contribution in [0.25, 0.3) is 0 Å². The highest BCUT2D eigenvalue weighted by Crippen LogP contribution is 2.15. The topological polar surface area (TPSA) is 84.5 Å². The van der Waals surface area contributed by atoms with Crippen LogP contribution in [0.4, 0.5) is 0 Å². The molecule has 18 heavy (non-hydrogen) atoms. The molecule has 0 saturated carbocycles. The zero-order valence-corrected chi connectivity index (χ0v) is 11.3. The first kappa shape index (κ1) is 13.5. The molecule has 8 heteroatoms. The number of aryl methyl sites for hydroxylation is 1. The number of imidazole rings is 1. The van der Waals surface area contributed by atoms with E-state index >= 15 is 0 Å². The van der Waals surface area contributed by atoms with Gasteiger partial charge in [0.05, 0.1) is 6.33 Å². The third-order valence-corrected chi connectivity index (χ3v) is 4.85. The van der Waals surface area contributed by atoms with E-state index < -0.39 is 10.0 Å². The van der Waals surface area contributed by atoms with Gasteiger partial charge in [0.25, 0.3) is 10.0 Å². The molecule has 0 radical (unpaired) electrons. The zero-order chi connectivity index (χ0) is 13.2. The van der Waals surface area contributed by atoms with E-state index in [2.05, 4.69) is 9.88 Å². The van der Waals surface area contributed by atoms with Crippen molar-refractivity contribution in [3.05, 3.63) is 12.5 Å². The fourth-order valence-electron chi connectivity index (χ4n) is 2.03. The summed E-state index contributed by atoms with van der Waals surface area (Å²) < 4.78 is 27.7. The lowest BCUT2D eigenvalue weighted by molar-refractivity contribution is 0.192. The lowest BCUT2D eigenvalue weighted by Crippen LogP contribution is -2.49. The number of hydrogen-bond acceptors (Lipinski definition) is 5. The molecule has 0 bridgehead atoms. The molecule has 2 rings (SSSR count). The largest absolute Gasteiger partial charge is 0.339 e.